The summed E-state index contributed by atoms with van der Waals surface area (Å²) < 4.78 is 5.63. The molecule has 1 saturated carbocycles. The highest BCUT2D eigenvalue weighted by atomic mass is 16.5. The fourth-order valence-corrected chi connectivity index (χ4v) is 3.69. The van der Waals surface area contributed by atoms with Crippen LogP contribution < -0.4 is 15.4 Å². The maximum absolute atomic E-state index is 12.6. The highest BCUT2D eigenvalue weighted by molar-refractivity contribution is 5.96. The van der Waals surface area contributed by atoms with Crippen LogP contribution in [0.4, 0.5) is 5.69 Å². The van der Waals surface area contributed by atoms with E-state index < -0.39 is 0 Å². The lowest BCUT2D eigenvalue weighted by molar-refractivity contribution is -0.118. The van der Waals surface area contributed by atoms with Gasteiger partial charge in [0.15, 0.2) is 0 Å². The Morgan fingerprint density at radius 1 is 1.43 bits per heavy atom. The van der Waals surface area contributed by atoms with E-state index in [9.17, 15) is 4.79 Å². The van der Waals surface area contributed by atoms with Crippen LogP contribution in [0, 0.1) is 18.8 Å². The van der Waals surface area contributed by atoms with Gasteiger partial charge in [-0.2, -0.15) is 0 Å². The van der Waals surface area contributed by atoms with E-state index >= 15 is 0 Å². The van der Waals surface area contributed by atoms with Crippen molar-refractivity contribution in [1.29, 1.82) is 0 Å². The molecule has 2 N–H and O–H groups in total. The summed E-state index contributed by atoms with van der Waals surface area (Å²) in [6.45, 7) is 5.55. The van der Waals surface area contributed by atoms with Gasteiger partial charge in [0.05, 0.1) is 18.3 Å². The maximum Gasteiger partial charge on any atom is 0.241 e. The third-order valence-electron chi connectivity index (χ3n) is 4.72. The van der Waals surface area contributed by atoms with Gasteiger partial charge in [0.1, 0.15) is 5.75 Å². The Kier molecular flexibility index (Phi) is 4.15. The lowest BCUT2D eigenvalue weighted by atomic mass is 9.93. The zero-order chi connectivity index (χ0) is 14.8. The average Bonchev–Trinajstić information content (AvgIpc) is 3.04. The number of ether oxygens (including phenoxy) is 1. The minimum Gasteiger partial charge on any atom is -0.492 e. The van der Waals surface area contributed by atoms with Gasteiger partial charge in [-0.05, 0) is 62.8 Å². The number of carbonyl (C=O) groups is 1. The van der Waals surface area contributed by atoms with E-state index in [1.54, 1.807) is 0 Å². The summed E-state index contributed by atoms with van der Waals surface area (Å²) in [6, 6.07) is 5.85. The Labute approximate surface area is 126 Å². The predicted octanol–water partition coefficient (Wildman–Crippen LogP) is 2.72. The van der Waals surface area contributed by atoms with Gasteiger partial charge >= 0.3 is 0 Å². The molecule has 3 rings (SSSR count). The Morgan fingerprint density at radius 2 is 2.29 bits per heavy atom. The molecule has 0 aromatic heterocycles. The van der Waals surface area contributed by atoms with E-state index in [2.05, 4.69) is 10.6 Å². The number of rotatable bonds is 4. The summed E-state index contributed by atoms with van der Waals surface area (Å²) in [5.74, 6) is 2.03. The van der Waals surface area contributed by atoms with Gasteiger partial charge in [-0.25, -0.2) is 0 Å². The van der Waals surface area contributed by atoms with Gasteiger partial charge in [-0.15, -0.1) is 0 Å². The summed E-state index contributed by atoms with van der Waals surface area (Å²) in [7, 11) is 0. The van der Waals surface area contributed by atoms with Crippen LogP contribution in [-0.2, 0) is 4.79 Å². The molecular weight excluding hydrogens is 264 g/mol. The molecule has 1 aliphatic heterocycles. The molecule has 4 heteroatoms. The predicted molar refractivity (Wildman–Crippen MR) is 83.6 cm³/mol. The fourth-order valence-electron chi connectivity index (χ4n) is 3.69. The number of aryl methyl sites for hydroxylation is 1. The van der Waals surface area contributed by atoms with Crippen molar-refractivity contribution in [3.05, 3.63) is 23.8 Å². The molecule has 1 aliphatic carbocycles. The van der Waals surface area contributed by atoms with Crippen LogP contribution in [-0.4, -0.2) is 25.1 Å². The normalized spacial score (nSPS) is 27.4. The van der Waals surface area contributed by atoms with E-state index in [0.717, 1.165) is 23.5 Å². The van der Waals surface area contributed by atoms with Crippen LogP contribution in [0.2, 0.25) is 0 Å². The van der Waals surface area contributed by atoms with Crippen LogP contribution in [0.25, 0.3) is 0 Å². The Hall–Kier alpha value is -1.55. The first-order valence-electron chi connectivity index (χ1n) is 7.96. The van der Waals surface area contributed by atoms with Gasteiger partial charge < -0.3 is 15.4 Å². The first-order chi connectivity index (χ1) is 10.2. The largest absolute Gasteiger partial charge is 0.492 e. The number of amides is 1. The van der Waals surface area contributed by atoms with Crippen molar-refractivity contribution in [3.8, 4) is 5.75 Å². The molecule has 4 nitrogen and oxygen atoms in total. The SMILES string of the molecule is CCOc1cc(C)ccc1NC(=O)C1NCC2CCCC21. The molecule has 2 fully saturated rings. The van der Waals surface area contributed by atoms with Gasteiger partial charge in [-0.3, -0.25) is 4.79 Å². The van der Waals surface area contributed by atoms with Gasteiger partial charge in [-0.1, -0.05) is 12.5 Å². The van der Waals surface area contributed by atoms with E-state index in [1.165, 1.54) is 19.3 Å². The molecule has 0 bridgehead atoms. The van der Waals surface area contributed by atoms with Crippen molar-refractivity contribution in [1.82, 2.24) is 5.32 Å². The van der Waals surface area contributed by atoms with Gasteiger partial charge in [0, 0.05) is 0 Å². The van der Waals surface area contributed by atoms with Crippen LogP contribution >= 0.6 is 0 Å². The fraction of sp³-hybridized carbons (Fsp3) is 0.588. The van der Waals surface area contributed by atoms with E-state index in [-0.39, 0.29) is 11.9 Å². The molecule has 21 heavy (non-hydrogen) atoms. The van der Waals surface area contributed by atoms with Crippen LogP contribution in [0.15, 0.2) is 18.2 Å². The molecule has 0 radical (unpaired) electrons. The number of fused-ring (bicyclic) bond motifs is 1. The lowest BCUT2D eigenvalue weighted by Crippen LogP contribution is -2.39. The molecular formula is C17H24N2O2. The zero-order valence-corrected chi connectivity index (χ0v) is 12.8. The molecule has 1 aromatic rings. The quantitative estimate of drug-likeness (QED) is 0.895. The third kappa shape index (κ3) is 2.91. The number of hydrogen-bond acceptors (Lipinski definition) is 3. The van der Waals surface area contributed by atoms with Gasteiger partial charge in [0.2, 0.25) is 5.91 Å². The summed E-state index contributed by atoms with van der Waals surface area (Å²) in [6.07, 6.45) is 3.69. The molecule has 3 atom stereocenters. The minimum atomic E-state index is -0.0479. The lowest BCUT2D eigenvalue weighted by Gasteiger charge is -2.19. The summed E-state index contributed by atoms with van der Waals surface area (Å²) in [5.41, 5.74) is 1.90. The maximum atomic E-state index is 12.6. The third-order valence-corrected chi connectivity index (χ3v) is 4.72. The highest BCUT2D eigenvalue weighted by Gasteiger charge is 2.42. The molecule has 3 unspecified atom stereocenters. The van der Waals surface area contributed by atoms with Crippen molar-refractivity contribution >= 4 is 11.6 Å². The van der Waals surface area contributed by atoms with Crippen molar-refractivity contribution in [2.24, 2.45) is 11.8 Å². The Balaban J connectivity index is 1.72. The summed E-state index contributed by atoms with van der Waals surface area (Å²) >= 11 is 0. The molecule has 114 valence electrons. The standard InChI is InChI=1S/C17H24N2O2/c1-3-21-15-9-11(2)7-8-14(15)19-17(20)16-13-6-4-5-12(13)10-18-16/h7-9,12-13,16,18H,3-6,10H2,1-2H3,(H,19,20). The van der Waals surface area contributed by atoms with Crippen LogP contribution in [0.3, 0.4) is 0 Å². The second-order valence-electron chi connectivity index (χ2n) is 6.16. The summed E-state index contributed by atoms with van der Waals surface area (Å²) in [5, 5.41) is 6.44. The molecule has 1 heterocycles. The van der Waals surface area contributed by atoms with Crippen LogP contribution in [0.1, 0.15) is 31.7 Å². The first-order valence-corrected chi connectivity index (χ1v) is 7.96. The number of anilines is 1. The van der Waals surface area contributed by atoms with Gasteiger partial charge in [0.25, 0.3) is 0 Å². The smallest absolute Gasteiger partial charge is 0.241 e. The van der Waals surface area contributed by atoms with Crippen molar-refractivity contribution in [2.75, 3.05) is 18.5 Å². The molecule has 2 aliphatic rings. The number of carbonyl (C=O) groups excluding carboxylic acids is 1. The van der Waals surface area contributed by atoms with E-state index in [0.29, 0.717) is 18.4 Å². The molecule has 1 saturated heterocycles. The second kappa shape index (κ2) is 6.06. The van der Waals surface area contributed by atoms with E-state index in [1.807, 2.05) is 32.0 Å². The molecule has 1 amide bonds. The number of benzene rings is 1. The Bertz CT molecular complexity index is 530. The Morgan fingerprint density at radius 3 is 3.10 bits per heavy atom. The number of nitrogens with one attached hydrogen (secondary N) is 2. The van der Waals surface area contributed by atoms with Crippen molar-refractivity contribution in [2.45, 2.75) is 39.2 Å². The monoisotopic (exact) mass is 288 g/mol. The van der Waals surface area contributed by atoms with E-state index in [4.69, 9.17) is 4.74 Å². The number of hydrogen-bond donors (Lipinski definition) is 2. The topological polar surface area (TPSA) is 50.4 Å². The summed E-state index contributed by atoms with van der Waals surface area (Å²) in [4.78, 5) is 12.6. The first kappa shape index (κ1) is 14.4. The molecule has 1 aromatic carbocycles. The second-order valence-corrected chi connectivity index (χ2v) is 6.16. The average molecular weight is 288 g/mol. The van der Waals surface area contributed by atoms with Crippen molar-refractivity contribution < 1.29 is 9.53 Å². The molecule has 0 spiro atoms. The minimum absolute atomic E-state index is 0.0479. The van der Waals surface area contributed by atoms with Crippen molar-refractivity contribution in [3.63, 3.8) is 0 Å². The highest BCUT2D eigenvalue weighted by Crippen LogP contribution is 2.38. The van der Waals surface area contributed by atoms with Crippen LogP contribution in [0.5, 0.6) is 5.75 Å². The zero-order valence-electron chi connectivity index (χ0n) is 12.8.